The van der Waals surface area contributed by atoms with Gasteiger partial charge in [-0.25, -0.2) is 13.1 Å². The Morgan fingerprint density at radius 1 is 1.38 bits per heavy atom. The van der Waals surface area contributed by atoms with Crippen molar-refractivity contribution in [2.75, 3.05) is 26.5 Å². The number of phenolic OH excluding ortho intramolecular Hbond substituents is 1. The Kier molecular flexibility index (Phi) is 5.08. The van der Waals surface area contributed by atoms with Crippen LogP contribution in [0.5, 0.6) is 11.5 Å². The maximum Gasteiger partial charge on any atom is 0.208 e. The summed E-state index contributed by atoms with van der Waals surface area (Å²) in [6, 6.07) is 5.46. The van der Waals surface area contributed by atoms with E-state index in [0.717, 1.165) is 31.5 Å². The van der Waals surface area contributed by atoms with Crippen molar-refractivity contribution in [3.05, 3.63) is 23.8 Å². The lowest BCUT2D eigenvalue weighted by Gasteiger charge is -2.32. The zero-order chi connectivity index (χ0) is 15.5. The van der Waals surface area contributed by atoms with Gasteiger partial charge in [-0.05, 0) is 18.9 Å². The smallest absolute Gasteiger partial charge is 0.208 e. The number of nitrogens with one attached hydrogen (secondary N) is 1. The lowest BCUT2D eigenvalue weighted by molar-refractivity contribution is 0.197. The van der Waals surface area contributed by atoms with Gasteiger partial charge in [0.05, 0.1) is 13.4 Å². The molecule has 1 aliphatic heterocycles. The summed E-state index contributed by atoms with van der Waals surface area (Å²) < 4.78 is 30.2. The van der Waals surface area contributed by atoms with Crippen LogP contribution in [-0.4, -0.2) is 50.9 Å². The Bertz CT molecular complexity index is 581. The van der Waals surface area contributed by atoms with Gasteiger partial charge in [-0.3, -0.25) is 4.90 Å². The van der Waals surface area contributed by atoms with Crippen molar-refractivity contribution in [3.63, 3.8) is 0 Å². The highest BCUT2D eigenvalue weighted by atomic mass is 32.2. The number of rotatable bonds is 5. The third-order valence-electron chi connectivity index (χ3n) is 3.66. The summed E-state index contributed by atoms with van der Waals surface area (Å²) in [5, 5.41) is 10.1. The fourth-order valence-corrected chi connectivity index (χ4v) is 3.45. The SMILES string of the molecule is COc1cccc(CN2CCC(NS(C)(=O)=O)CC2)c1O. The van der Waals surface area contributed by atoms with Gasteiger partial charge in [0.2, 0.25) is 10.0 Å². The first kappa shape index (κ1) is 16.1. The lowest BCUT2D eigenvalue weighted by Crippen LogP contribution is -2.43. The molecule has 1 heterocycles. The van der Waals surface area contributed by atoms with E-state index >= 15 is 0 Å². The van der Waals surface area contributed by atoms with E-state index in [2.05, 4.69) is 9.62 Å². The molecule has 0 amide bonds. The minimum absolute atomic E-state index is 0.00940. The second kappa shape index (κ2) is 6.64. The summed E-state index contributed by atoms with van der Waals surface area (Å²) >= 11 is 0. The van der Waals surface area contributed by atoms with E-state index in [1.165, 1.54) is 13.4 Å². The van der Waals surface area contributed by atoms with E-state index in [1.807, 2.05) is 12.1 Å². The number of benzene rings is 1. The van der Waals surface area contributed by atoms with Gasteiger partial charge in [-0.15, -0.1) is 0 Å². The van der Waals surface area contributed by atoms with Crippen LogP contribution in [0.2, 0.25) is 0 Å². The number of hydrogen-bond donors (Lipinski definition) is 2. The Morgan fingerprint density at radius 2 is 2.05 bits per heavy atom. The minimum atomic E-state index is -3.14. The molecule has 0 aliphatic carbocycles. The first-order valence-corrected chi connectivity index (χ1v) is 8.82. The third kappa shape index (κ3) is 4.59. The van der Waals surface area contributed by atoms with Gasteiger partial charge in [0, 0.05) is 31.2 Å². The molecule has 2 rings (SSSR count). The quantitative estimate of drug-likeness (QED) is 0.845. The monoisotopic (exact) mass is 314 g/mol. The van der Waals surface area contributed by atoms with Crippen LogP contribution in [0.4, 0.5) is 0 Å². The summed E-state index contributed by atoms with van der Waals surface area (Å²) in [7, 11) is -1.61. The van der Waals surface area contributed by atoms with Crippen LogP contribution in [0.3, 0.4) is 0 Å². The molecule has 1 aromatic rings. The van der Waals surface area contributed by atoms with Crippen molar-refractivity contribution in [3.8, 4) is 11.5 Å². The molecule has 6 nitrogen and oxygen atoms in total. The summed E-state index contributed by atoms with van der Waals surface area (Å²) in [4.78, 5) is 2.20. The fourth-order valence-electron chi connectivity index (χ4n) is 2.61. The summed E-state index contributed by atoms with van der Waals surface area (Å²) in [5.41, 5.74) is 0.823. The van der Waals surface area contributed by atoms with E-state index in [0.29, 0.717) is 12.3 Å². The number of methoxy groups -OCH3 is 1. The number of piperidine rings is 1. The topological polar surface area (TPSA) is 78.9 Å². The largest absolute Gasteiger partial charge is 0.504 e. The molecule has 1 aromatic carbocycles. The van der Waals surface area contributed by atoms with Crippen LogP contribution in [0.25, 0.3) is 0 Å². The highest BCUT2D eigenvalue weighted by Gasteiger charge is 2.22. The van der Waals surface area contributed by atoms with Crippen molar-refractivity contribution >= 4 is 10.0 Å². The molecule has 0 spiro atoms. The van der Waals surface area contributed by atoms with Crippen molar-refractivity contribution in [1.29, 1.82) is 0 Å². The van der Waals surface area contributed by atoms with Crippen molar-refractivity contribution in [2.45, 2.75) is 25.4 Å². The van der Waals surface area contributed by atoms with Crippen LogP contribution in [0.1, 0.15) is 18.4 Å². The van der Waals surface area contributed by atoms with Gasteiger partial charge >= 0.3 is 0 Å². The number of para-hydroxylation sites is 1. The van der Waals surface area contributed by atoms with Gasteiger partial charge in [-0.1, -0.05) is 12.1 Å². The van der Waals surface area contributed by atoms with Crippen molar-refractivity contribution < 1.29 is 18.3 Å². The highest BCUT2D eigenvalue weighted by molar-refractivity contribution is 7.88. The molecule has 0 unspecified atom stereocenters. The molecule has 0 bridgehead atoms. The first-order valence-electron chi connectivity index (χ1n) is 6.93. The predicted molar refractivity (Wildman–Crippen MR) is 80.9 cm³/mol. The minimum Gasteiger partial charge on any atom is -0.504 e. The molecule has 1 fully saturated rings. The summed E-state index contributed by atoms with van der Waals surface area (Å²) in [5.74, 6) is 0.650. The first-order chi connectivity index (χ1) is 9.89. The van der Waals surface area contributed by atoms with Crippen LogP contribution in [0, 0.1) is 0 Å². The van der Waals surface area contributed by atoms with Gasteiger partial charge in [0.15, 0.2) is 11.5 Å². The average Bonchev–Trinajstić information content (AvgIpc) is 2.42. The van der Waals surface area contributed by atoms with Gasteiger partial charge in [-0.2, -0.15) is 0 Å². The van der Waals surface area contributed by atoms with Crippen LogP contribution >= 0.6 is 0 Å². The number of nitrogens with zero attached hydrogens (tertiary/aromatic N) is 1. The number of likely N-dealkylation sites (tertiary alicyclic amines) is 1. The fraction of sp³-hybridized carbons (Fsp3) is 0.571. The van der Waals surface area contributed by atoms with Crippen LogP contribution < -0.4 is 9.46 Å². The van der Waals surface area contributed by atoms with Crippen LogP contribution in [0.15, 0.2) is 18.2 Å². The van der Waals surface area contributed by atoms with Crippen LogP contribution in [-0.2, 0) is 16.6 Å². The highest BCUT2D eigenvalue weighted by Crippen LogP contribution is 2.30. The van der Waals surface area contributed by atoms with E-state index in [-0.39, 0.29) is 11.8 Å². The summed E-state index contributed by atoms with van der Waals surface area (Å²) in [6.07, 6.45) is 2.74. The molecular formula is C14H22N2O4S. The van der Waals surface area contributed by atoms with Gasteiger partial charge in [0.25, 0.3) is 0 Å². The number of sulfonamides is 1. The molecule has 21 heavy (non-hydrogen) atoms. The molecule has 0 radical (unpaired) electrons. The standard InChI is InChI=1S/C14H22N2O4S/c1-20-13-5-3-4-11(14(13)17)10-16-8-6-12(7-9-16)15-21(2,18)19/h3-5,12,15,17H,6-10H2,1-2H3. The Balaban J connectivity index is 1.92. The molecule has 1 saturated heterocycles. The van der Waals surface area contributed by atoms with Crippen molar-refractivity contribution in [1.82, 2.24) is 9.62 Å². The number of phenols is 1. The normalized spacial score (nSPS) is 17.8. The zero-order valence-electron chi connectivity index (χ0n) is 12.4. The summed E-state index contributed by atoms with van der Waals surface area (Å²) in [6.45, 7) is 2.22. The Hall–Kier alpha value is -1.31. The molecule has 1 aliphatic rings. The van der Waals surface area contributed by atoms with E-state index < -0.39 is 10.0 Å². The maximum absolute atomic E-state index is 11.2. The second-order valence-electron chi connectivity index (χ2n) is 5.41. The average molecular weight is 314 g/mol. The molecule has 0 atom stereocenters. The Morgan fingerprint density at radius 3 is 2.62 bits per heavy atom. The number of aromatic hydroxyl groups is 1. The zero-order valence-corrected chi connectivity index (χ0v) is 13.2. The predicted octanol–water partition coefficient (Wildman–Crippen LogP) is 0.914. The molecule has 2 N–H and O–H groups in total. The second-order valence-corrected chi connectivity index (χ2v) is 7.19. The van der Waals surface area contributed by atoms with Gasteiger partial charge < -0.3 is 9.84 Å². The van der Waals surface area contributed by atoms with E-state index in [9.17, 15) is 13.5 Å². The molecule has 118 valence electrons. The third-order valence-corrected chi connectivity index (χ3v) is 4.43. The molecule has 0 aromatic heterocycles. The molecule has 7 heteroatoms. The molecule has 0 saturated carbocycles. The van der Waals surface area contributed by atoms with E-state index in [1.54, 1.807) is 6.07 Å². The maximum atomic E-state index is 11.2. The Labute approximate surface area is 125 Å². The lowest BCUT2D eigenvalue weighted by atomic mass is 10.0. The number of ether oxygens (including phenoxy) is 1. The van der Waals surface area contributed by atoms with E-state index in [4.69, 9.17) is 4.74 Å². The van der Waals surface area contributed by atoms with Crippen molar-refractivity contribution in [2.24, 2.45) is 0 Å². The number of hydrogen-bond acceptors (Lipinski definition) is 5. The van der Waals surface area contributed by atoms with Gasteiger partial charge in [0.1, 0.15) is 0 Å². The molecular weight excluding hydrogens is 292 g/mol.